The van der Waals surface area contributed by atoms with Crippen LogP contribution in [0.25, 0.3) is 10.9 Å². The van der Waals surface area contributed by atoms with Gasteiger partial charge in [-0.05, 0) is 24.6 Å². The molecule has 5 heteroatoms. The summed E-state index contributed by atoms with van der Waals surface area (Å²) in [5, 5.41) is 10.4. The minimum Gasteiger partial charge on any atom is -0.480 e. The number of rotatable bonds is 2. The standard InChI is InChI=1S/C11H11ClN2O2/c1-5-7(12)3-2-6-4-8(14-10(5)6)9(13)11(15)16/h2-4,9,14H,13H2,1H3,(H,15,16). The Morgan fingerprint density at radius 3 is 2.88 bits per heavy atom. The fraction of sp³-hybridized carbons (Fsp3) is 0.182. The monoisotopic (exact) mass is 238 g/mol. The van der Waals surface area contributed by atoms with E-state index >= 15 is 0 Å². The number of carbonyl (C=O) groups is 1. The summed E-state index contributed by atoms with van der Waals surface area (Å²) in [6.07, 6.45) is 0. The van der Waals surface area contributed by atoms with Crippen LogP contribution in [0.3, 0.4) is 0 Å². The van der Waals surface area contributed by atoms with Crippen LogP contribution in [0.4, 0.5) is 0 Å². The molecule has 4 N–H and O–H groups in total. The quantitative estimate of drug-likeness (QED) is 0.751. The molecule has 16 heavy (non-hydrogen) atoms. The number of hydrogen-bond acceptors (Lipinski definition) is 2. The molecule has 0 aliphatic carbocycles. The van der Waals surface area contributed by atoms with E-state index in [4.69, 9.17) is 22.4 Å². The molecule has 84 valence electrons. The number of H-pyrrole nitrogens is 1. The topological polar surface area (TPSA) is 79.1 Å². The van der Waals surface area contributed by atoms with E-state index in [0.717, 1.165) is 16.5 Å². The van der Waals surface area contributed by atoms with Crippen molar-refractivity contribution in [3.8, 4) is 0 Å². The molecule has 1 aromatic heterocycles. The molecule has 2 rings (SSSR count). The molecule has 1 aromatic carbocycles. The number of aliphatic carboxylic acids is 1. The van der Waals surface area contributed by atoms with Crippen molar-refractivity contribution in [1.82, 2.24) is 4.98 Å². The summed E-state index contributed by atoms with van der Waals surface area (Å²) in [5.41, 5.74) is 7.73. The SMILES string of the molecule is Cc1c(Cl)ccc2cc(C(N)C(=O)O)[nH]c12. The van der Waals surface area contributed by atoms with Crippen molar-refractivity contribution < 1.29 is 9.90 Å². The molecular weight excluding hydrogens is 228 g/mol. The van der Waals surface area contributed by atoms with Gasteiger partial charge in [0.05, 0.1) is 5.52 Å². The third kappa shape index (κ3) is 1.66. The van der Waals surface area contributed by atoms with Crippen molar-refractivity contribution in [3.63, 3.8) is 0 Å². The fourth-order valence-corrected chi connectivity index (χ4v) is 1.80. The highest BCUT2D eigenvalue weighted by molar-refractivity contribution is 6.32. The number of nitrogens with two attached hydrogens (primary N) is 1. The van der Waals surface area contributed by atoms with E-state index in [9.17, 15) is 4.79 Å². The van der Waals surface area contributed by atoms with Crippen molar-refractivity contribution in [1.29, 1.82) is 0 Å². The number of aromatic amines is 1. The number of carboxylic acids is 1. The number of carboxylic acid groups (broad SMARTS) is 1. The van der Waals surface area contributed by atoms with Gasteiger partial charge in [-0.2, -0.15) is 0 Å². The Morgan fingerprint density at radius 2 is 2.25 bits per heavy atom. The molecule has 0 spiro atoms. The van der Waals surface area contributed by atoms with Crippen LogP contribution in [-0.4, -0.2) is 16.1 Å². The molecule has 0 aliphatic rings. The summed E-state index contributed by atoms with van der Waals surface area (Å²) in [5.74, 6) is -1.06. The minimum absolute atomic E-state index is 0.480. The lowest BCUT2D eigenvalue weighted by Gasteiger charge is -2.02. The van der Waals surface area contributed by atoms with E-state index < -0.39 is 12.0 Å². The summed E-state index contributed by atoms with van der Waals surface area (Å²) >= 11 is 5.97. The molecule has 0 aliphatic heterocycles. The van der Waals surface area contributed by atoms with E-state index in [2.05, 4.69) is 4.98 Å². The molecular formula is C11H11ClN2O2. The van der Waals surface area contributed by atoms with Crippen LogP contribution >= 0.6 is 11.6 Å². The highest BCUT2D eigenvalue weighted by atomic mass is 35.5. The molecule has 4 nitrogen and oxygen atoms in total. The van der Waals surface area contributed by atoms with E-state index in [1.165, 1.54) is 0 Å². The number of halogens is 1. The minimum atomic E-state index is -1.06. The van der Waals surface area contributed by atoms with Crippen molar-refractivity contribution in [2.45, 2.75) is 13.0 Å². The fourth-order valence-electron chi connectivity index (χ4n) is 1.64. The normalized spacial score (nSPS) is 12.9. The molecule has 0 bridgehead atoms. The third-order valence-electron chi connectivity index (χ3n) is 2.61. The van der Waals surface area contributed by atoms with Gasteiger partial charge in [0.1, 0.15) is 6.04 Å². The molecule has 0 radical (unpaired) electrons. The van der Waals surface area contributed by atoms with Gasteiger partial charge in [0.15, 0.2) is 0 Å². The van der Waals surface area contributed by atoms with Crippen LogP contribution in [0.5, 0.6) is 0 Å². The molecule has 0 amide bonds. The first-order chi connectivity index (χ1) is 7.50. The average Bonchev–Trinajstić information content (AvgIpc) is 2.67. The van der Waals surface area contributed by atoms with Crippen LogP contribution in [0.1, 0.15) is 17.3 Å². The summed E-state index contributed by atoms with van der Waals surface area (Å²) in [6.45, 7) is 1.87. The molecule has 1 heterocycles. The van der Waals surface area contributed by atoms with Crippen molar-refractivity contribution >= 4 is 28.5 Å². The zero-order valence-electron chi connectivity index (χ0n) is 8.62. The van der Waals surface area contributed by atoms with E-state index in [0.29, 0.717) is 10.7 Å². The van der Waals surface area contributed by atoms with Crippen LogP contribution in [0.15, 0.2) is 18.2 Å². The second kappa shape index (κ2) is 3.81. The molecule has 0 saturated heterocycles. The van der Waals surface area contributed by atoms with Crippen molar-refractivity contribution in [2.24, 2.45) is 5.73 Å². The maximum Gasteiger partial charge on any atom is 0.326 e. The Kier molecular flexibility index (Phi) is 2.61. The maximum atomic E-state index is 10.8. The Balaban J connectivity index is 2.60. The highest BCUT2D eigenvalue weighted by Gasteiger charge is 2.17. The van der Waals surface area contributed by atoms with Gasteiger partial charge in [-0.1, -0.05) is 17.7 Å². The number of nitrogens with one attached hydrogen (secondary N) is 1. The van der Waals surface area contributed by atoms with Gasteiger partial charge in [0.25, 0.3) is 0 Å². The molecule has 1 unspecified atom stereocenters. The smallest absolute Gasteiger partial charge is 0.326 e. The summed E-state index contributed by atoms with van der Waals surface area (Å²) < 4.78 is 0. The van der Waals surface area contributed by atoms with E-state index in [-0.39, 0.29) is 0 Å². The Morgan fingerprint density at radius 1 is 1.56 bits per heavy atom. The van der Waals surface area contributed by atoms with Crippen LogP contribution in [0.2, 0.25) is 5.02 Å². The second-order valence-corrected chi connectivity index (χ2v) is 4.08. The Labute approximate surface area is 97.0 Å². The largest absolute Gasteiger partial charge is 0.480 e. The first-order valence-electron chi connectivity index (χ1n) is 4.77. The van der Waals surface area contributed by atoms with Gasteiger partial charge in [-0.3, -0.25) is 4.79 Å². The van der Waals surface area contributed by atoms with Gasteiger partial charge >= 0.3 is 5.97 Å². The number of benzene rings is 1. The summed E-state index contributed by atoms with van der Waals surface area (Å²) in [6, 6.07) is 4.31. The van der Waals surface area contributed by atoms with Crippen LogP contribution in [0, 0.1) is 6.92 Å². The van der Waals surface area contributed by atoms with Crippen molar-refractivity contribution in [2.75, 3.05) is 0 Å². The lowest BCUT2D eigenvalue weighted by atomic mass is 10.1. The van der Waals surface area contributed by atoms with Gasteiger partial charge in [0.2, 0.25) is 0 Å². The third-order valence-corrected chi connectivity index (χ3v) is 3.02. The Bertz CT molecular complexity index is 562. The van der Waals surface area contributed by atoms with Crippen LogP contribution < -0.4 is 5.73 Å². The summed E-state index contributed by atoms with van der Waals surface area (Å²) in [4.78, 5) is 13.8. The first kappa shape index (κ1) is 11.0. The highest BCUT2D eigenvalue weighted by Crippen LogP contribution is 2.26. The lowest BCUT2D eigenvalue weighted by molar-refractivity contribution is -0.138. The molecule has 0 fully saturated rings. The number of aryl methyl sites for hydroxylation is 1. The average molecular weight is 239 g/mol. The number of hydrogen-bond donors (Lipinski definition) is 3. The van der Waals surface area contributed by atoms with Gasteiger partial charge in [0, 0.05) is 16.1 Å². The van der Waals surface area contributed by atoms with Gasteiger partial charge in [-0.25, -0.2) is 0 Å². The Hall–Kier alpha value is -1.52. The molecule has 1 atom stereocenters. The molecule has 0 saturated carbocycles. The lowest BCUT2D eigenvalue weighted by Crippen LogP contribution is -2.20. The number of aromatic nitrogens is 1. The first-order valence-corrected chi connectivity index (χ1v) is 5.14. The zero-order chi connectivity index (χ0) is 11.9. The predicted molar refractivity (Wildman–Crippen MR) is 62.6 cm³/mol. The second-order valence-electron chi connectivity index (χ2n) is 3.68. The van der Waals surface area contributed by atoms with E-state index in [1.54, 1.807) is 12.1 Å². The van der Waals surface area contributed by atoms with Crippen LogP contribution in [-0.2, 0) is 4.79 Å². The van der Waals surface area contributed by atoms with Gasteiger partial charge < -0.3 is 15.8 Å². The van der Waals surface area contributed by atoms with Crippen molar-refractivity contribution in [3.05, 3.63) is 34.5 Å². The number of fused-ring (bicyclic) bond motifs is 1. The zero-order valence-corrected chi connectivity index (χ0v) is 9.38. The maximum absolute atomic E-state index is 10.8. The van der Waals surface area contributed by atoms with E-state index in [1.807, 2.05) is 13.0 Å². The molecule has 2 aromatic rings. The predicted octanol–water partition coefficient (Wildman–Crippen LogP) is 2.21. The summed E-state index contributed by atoms with van der Waals surface area (Å²) in [7, 11) is 0. The van der Waals surface area contributed by atoms with Gasteiger partial charge in [-0.15, -0.1) is 0 Å².